The van der Waals surface area contributed by atoms with Crippen LogP contribution >= 0.6 is 0 Å². The molecular formula is C19H27N3O3. The number of carbonyl (C=O) groups excluding carboxylic acids is 1. The topological polar surface area (TPSA) is 69.0 Å². The summed E-state index contributed by atoms with van der Waals surface area (Å²) in [5.41, 5.74) is 3.69. The van der Waals surface area contributed by atoms with E-state index in [1.54, 1.807) is 11.5 Å². The fraction of sp³-hybridized carbons (Fsp3) is 0.421. The third kappa shape index (κ3) is 5.42. The van der Waals surface area contributed by atoms with Gasteiger partial charge in [-0.15, -0.1) is 0 Å². The normalized spacial score (nSPS) is 11.3. The lowest BCUT2D eigenvalue weighted by atomic mass is 10.1. The summed E-state index contributed by atoms with van der Waals surface area (Å²) in [7, 11) is 2.13. The molecule has 1 heterocycles. The lowest BCUT2D eigenvalue weighted by molar-refractivity contribution is 0.0677. The minimum atomic E-state index is -0.655. The maximum atomic E-state index is 11.3. The van der Waals surface area contributed by atoms with Crippen LogP contribution in [0.15, 0.2) is 40.8 Å². The van der Waals surface area contributed by atoms with Crippen molar-refractivity contribution in [3.63, 3.8) is 0 Å². The molecule has 6 nitrogen and oxygen atoms in total. The van der Waals surface area contributed by atoms with Crippen LogP contribution in [0.25, 0.3) is 11.3 Å². The Kier molecular flexibility index (Phi) is 7.18. The third-order valence-electron chi connectivity index (χ3n) is 4.31. The maximum Gasteiger partial charge on any atom is 0.310 e. The van der Waals surface area contributed by atoms with Gasteiger partial charge in [-0.2, -0.15) is 0 Å². The zero-order chi connectivity index (χ0) is 18.2. The van der Waals surface area contributed by atoms with Crippen molar-refractivity contribution < 1.29 is 14.4 Å². The van der Waals surface area contributed by atoms with Crippen LogP contribution in [0, 0.1) is 0 Å². The fourth-order valence-electron chi connectivity index (χ4n) is 2.69. The molecule has 6 heteroatoms. The van der Waals surface area contributed by atoms with Crippen LogP contribution in [-0.2, 0) is 6.54 Å². The van der Waals surface area contributed by atoms with Crippen molar-refractivity contribution in [3.05, 3.63) is 47.7 Å². The summed E-state index contributed by atoms with van der Waals surface area (Å²) in [6.07, 6.45) is 0. The number of furan rings is 1. The molecule has 0 saturated carbocycles. The Hall–Kier alpha value is -2.15. The highest BCUT2D eigenvalue weighted by Crippen LogP contribution is 2.23. The molecule has 0 aliphatic rings. The highest BCUT2D eigenvalue weighted by Gasteiger charge is 2.11. The number of hydroxylamine groups is 1. The van der Waals surface area contributed by atoms with E-state index in [9.17, 15) is 4.79 Å². The minimum Gasteiger partial charge on any atom is -0.451 e. The lowest BCUT2D eigenvalue weighted by Crippen LogP contribution is -2.32. The monoisotopic (exact) mass is 345 g/mol. The van der Waals surface area contributed by atoms with Gasteiger partial charge in [0.1, 0.15) is 5.76 Å². The predicted octanol–water partition coefficient (Wildman–Crippen LogP) is 2.84. The van der Waals surface area contributed by atoms with Gasteiger partial charge in [-0.1, -0.05) is 38.1 Å². The first-order valence-electron chi connectivity index (χ1n) is 8.61. The van der Waals surface area contributed by atoms with Gasteiger partial charge in [0.25, 0.3) is 0 Å². The molecule has 0 spiro atoms. The fourth-order valence-corrected chi connectivity index (χ4v) is 2.69. The standard InChI is InChI=1S/C19H27N3O3/c1-4-22(5-2)13-12-21(3)14-15-6-8-16(9-7-15)17-10-11-18(25-17)19(23)20-24/h6-11,24H,4-5,12-14H2,1-3H3,(H,20,23). The second-order valence-electron chi connectivity index (χ2n) is 6.07. The van der Waals surface area contributed by atoms with E-state index in [-0.39, 0.29) is 5.76 Å². The Labute approximate surface area is 149 Å². The molecule has 2 aromatic rings. The molecule has 1 amide bonds. The molecule has 0 fully saturated rings. The van der Waals surface area contributed by atoms with Crippen molar-refractivity contribution in [2.24, 2.45) is 0 Å². The van der Waals surface area contributed by atoms with E-state index in [2.05, 4.69) is 42.8 Å². The summed E-state index contributed by atoms with van der Waals surface area (Å²) in [6.45, 7) is 9.53. The zero-order valence-corrected chi connectivity index (χ0v) is 15.2. The summed E-state index contributed by atoms with van der Waals surface area (Å²) in [4.78, 5) is 16.0. The first-order chi connectivity index (χ1) is 12.1. The Morgan fingerprint density at radius 3 is 2.36 bits per heavy atom. The predicted molar refractivity (Wildman–Crippen MR) is 97.5 cm³/mol. The first kappa shape index (κ1) is 19.2. The number of hydrogen-bond donors (Lipinski definition) is 2. The zero-order valence-electron chi connectivity index (χ0n) is 15.2. The van der Waals surface area contributed by atoms with Crippen LogP contribution in [0.2, 0.25) is 0 Å². The molecule has 0 atom stereocenters. The van der Waals surface area contributed by atoms with E-state index in [1.807, 2.05) is 12.1 Å². The molecule has 0 bridgehead atoms. The molecule has 2 N–H and O–H groups in total. The van der Waals surface area contributed by atoms with Gasteiger partial charge in [0.05, 0.1) is 0 Å². The highest BCUT2D eigenvalue weighted by molar-refractivity contribution is 5.91. The number of nitrogens with zero attached hydrogens (tertiary/aromatic N) is 2. The van der Waals surface area contributed by atoms with Gasteiger partial charge in [0.2, 0.25) is 0 Å². The molecule has 0 radical (unpaired) electrons. The van der Waals surface area contributed by atoms with E-state index in [4.69, 9.17) is 9.62 Å². The SMILES string of the molecule is CCN(CC)CCN(C)Cc1ccc(-c2ccc(C(=O)NO)o2)cc1. The van der Waals surface area contributed by atoms with Gasteiger partial charge < -0.3 is 14.2 Å². The Morgan fingerprint density at radius 1 is 1.08 bits per heavy atom. The minimum absolute atomic E-state index is 0.0812. The van der Waals surface area contributed by atoms with Crippen molar-refractivity contribution in [2.45, 2.75) is 20.4 Å². The number of benzene rings is 1. The summed E-state index contributed by atoms with van der Waals surface area (Å²) in [5, 5.41) is 8.63. The Bertz CT molecular complexity index is 663. The maximum absolute atomic E-state index is 11.3. The van der Waals surface area contributed by atoms with Gasteiger partial charge in [0, 0.05) is 25.2 Å². The first-order valence-corrected chi connectivity index (χ1v) is 8.61. The average Bonchev–Trinajstić information content (AvgIpc) is 3.12. The van der Waals surface area contributed by atoms with Gasteiger partial charge >= 0.3 is 5.91 Å². The van der Waals surface area contributed by atoms with E-state index in [0.29, 0.717) is 5.76 Å². The van der Waals surface area contributed by atoms with Crippen LogP contribution in [0.1, 0.15) is 30.0 Å². The van der Waals surface area contributed by atoms with Gasteiger partial charge in [-0.3, -0.25) is 10.0 Å². The number of amides is 1. The molecule has 0 aliphatic carbocycles. The van der Waals surface area contributed by atoms with E-state index in [1.165, 1.54) is 11.6 Å². The average molecular weight is 345 g/mol. The summed E-state index contributed by atoms with van der Waals surface area (Å²) >= 11 is 0. The molecule has 0 unspecified atom stereocenters. The van der Waals surface area contributed by atoms with Crippen LogP contribution in [-0.4, -0.2) is 54.1 Å². The summed E-state index contributed by atoms with van der Waals surface area (Å²) in [5.74, 6) is 0.0236. The van der Waals surface area contributed by atoms with Crippen molar-refractivity contribution in [1.29, 1.82) is 0 Å². The summed E-state index contributed by atoms with van der Waals surface area (Å²) < 4.78 is 5.44. The number of likely N-dealkylation sites (N-methyl/N-ethyl adjacent to an activating group) is 2. The number of hydrogen-bond acceptors (Lipinski definition) is 5. The molecule has 0 saturated heterocycles. The van der Waals surface area contributed by atoms with Crippen LogP contribution in [0.5, 0.6) is 0 Å². The van der Waals surface area contributed by atoms with E-state index >= 15 is 0 Å². The number of nitrogens with one attached hydrogen (secondary N) is 1. The molecule has 25 heavy (non-hydrogen) atoms. The third-order valence-corrected chi connectivity index (χ3v) is 4.31. The number of carbonyl (C=O) groups is 1. The quantitative estimate of drug-likeness (QED) is 0.540. The smallest absolute Gasteiger partial charge is 0.310 e. The van der Waals surface area contributed by atoms with Gasteiger partial charge in [-0.25, -0.2) is 5.48 Å². The second-order valence-corrected chi connectivity index (χ2v) is 6.07. The highest BCUT2D eigenvalue weighted by atomic mass is 16.5. The van der Waals surface area contributed by atoms with E-state index < -0.39 is 5.91 Å². The van der Waals surface area contributed by atoms with Gasteiger partial charge in [-0.05, 0) is 37.8 Å². The van der Waals surface area contributed by atoms with Crippen molar-refractivity contribution >= 4 is 5.91 Å². The van der Waals surface area contributed by atoms with E-state index in [0.717, 1.165) is 38.3 Å². The molecular weight excluding hydrogens is 318 g/mol. The summed E-state index contributed by atoms with van der Waals surface area (Å²) in [6, 6.07) is 11.3. The molecule has 1 aromatic heterocycles. The Morgan fingerprint density at radius 2 is 1.76 bits per heavy atom. The van der Waals surface area contributed by atoms with Crippen molar-refractivity contribution in [2.75, 3.05) is 33.2 Å². The molecule has 0 aliphatic heterocycles. The largest absolute Gasteiger partial charge is 0.451 e. The second kappa shape index (κ2) is 9.36. The molecule has 136 valence electrons. The van der Waals surface area contributed by atoms with Gasteiger partial charge in [0.15, 0.2) is 5.76 Å². The van der Waals surface area contributed by atoms with Crippen LogP contribution < -0.4 is 5.48 Å². The van der Waals surface area contributed by atoms with Crippen LogP contribution in [0.3, 0.4) is 0 Å². The molecule has 1 aromatic carbocycles. The van der Waals surface area contributed by atoms with Crippen molar-refractivity contribution in [1.82, 2.24) is 15.3 Å². The van der Waals surface area contributed by atoms with Crippen LogP contribution in [0.4, 0.5) is 0 Å². The van der Waals surface area contributed by atoms with Crippen molar-refractivity contribution in [3.8, 4) is 11.3 Å². The Balaban J connectivity index is 1.93. The molecule has 2 rings (SSSR count). The lowest BCUT2D eigenvalue weighted by Gasteiger charge is -2.23. The number of rotatable bonds is 9.